The van der Waals surface area contributed by atoms with Crippen molar-refractivity contribution in [1.29, 1.82) is 0 Å². The average molecular weight is 311 g/mol. The highest BCUT2D eigenvalue weighted by Gasteiger charge is 2.20. The summed E-state index contributed by atoms with van der Waals surface area (Å²) in [6.45, 7) is 10.3. The molecule has 0 aliphatic heterocycles. The number of aromatic nitrogens is 1. The number of pyridine rings is 1. The second-order valence-corrected chi connectivity index (χ2v) is 7.74. The summed E-state index contributed by atoms with van der Waals surface area (Å²) in [5, 5.41) is 11.1. The Labute approximate surface area is 140 Å². The molecule has 0 aliphatic carbocycles. The Bertz CT molecular complexity index is 693. The van der Waals surface area contributed by atoms with E-state index in [9.17, 15) is 5.11 Å². The lowest BCUT2D eigenvalue weighted by molar-refractivity contribution is 0.0607. The minimum absolute atomic E-state index is 0.0631. The zero-order chi connectivity index (χ0) is 17.1. The molecule has 23 heavy (non-hydrogen) atoms. The van der Waals surface area contributed by atoms with Gasteiger partial charge in [0.2, 0.25) is 0 Å². The van der Waals surface area contributed by atoms with Gasteiger partial charge in [0.15, 0.2) is 0 Å². The van der Waals surface area contributed by atoms with E-state index in [-0.39, 0.29) is 5.41 Å². The van der Waals surface area contributed by atoms with Gasteiger partial charge in [-0.25, -0.2) is 0 Å². The Morgan fingerprint density at radius 3 is 2.39 bits per heavy atom. The molecule has 0 saturated carbocycles. The number of allylic oxidation sites excluding steroid dienone is 1. The van der Waals surface area contributed by atoms with Crippen LogP contribution < -0.4 is 0 Å². The van der Waals surface area contributed by atoms with Gasteiger partial charge in [-0.2, -0.15) is 0 Å². The Hall–Kier alpha value is -1.67. The summed E-state index contributed by atoms with van der Waals surface area (Å²) >= 11 is 0. The highest BCUT2D eigenvalue weighted by atomic mass is 16.3. The van der Waals surface area contributed by atoms with E-state index in [1.165, 1.54) is 10.9 Å². The first kappa shape index (κ1) is 17.7. The van der Waals surface area contributed by atoms with Crippen LogP contribution in [0.15, 0.2) is 36.4 Å². The van der Waals surface area contributed by atoms with Gasteiger partial charge in [0.25, 0.3) is 0 Å². The third-order valence-electron chi connectivity index (χ3n) is 4.24. The fraction of sp³-hybridized carbons (Fsp3) is 0.476. The van der Waals surface area contributed by atoms with Crippen LogP contribution in [0.25, 0.3) is 17.0 Å². The van der Waals surface area contributed by atoms with E-state index in [0.717, 1.165) is 30.5 Å². The summed E-state index contributed by atoms with van der Waals surface area (Å²) < 4.78 is 0. The molecule has 124 valence electrons. The molecule has 1 aromatic carbocycles. The van der Waals surface area contributed by atoms with Crippen molar-refractivity contribution in [2.24, 2.45) is 5.41 Å². The van der Waals surface area contributed by atoms with Crippen molar-refractivity contribution >= 4 is 17.0 Å². The van der Waals surface area contributed by atoms with Gasteiger partial charge in [0.1, 0.15) is 0 Å². The van der Waals surface area contributed by atoms with E-state index in [0.29, 0.717) is 0 Å². The summed E-state index contributed by atoms with van der Waals surface area (Å²) in [6.07, 6.45) is 7.12. The number of nitrogens with zero attached hydrogens (tertiary/aromatic N) is 1. The Morgan fingerprint density at radius 1 is 1.04 bits per heavy atom. The molecule has 0 unspecified atom stereocenters. The minimum atomic E-state index is -0.603. The lowest BCUT2D eigenvalue weighted by atomic mass is 9.83. The zero-order valence-electron chi connectivity index (χ0n) is 15.1. The number of aryl methyl sites for hydroxylation is 1. The molecular formula is C21H29NO. The maximum Gasteiger partial charge on any atom is 0.0711 e. The van der Waals surface area contributed by atoms with E-state index in [4.69, 9.17) is 4.98 Å². The van der Waals surface area contributed by atoms with Gasteiger partial charge < -0.3 is 5.11 Å². The first-order valence-electron chi connectivity index (χ1n) is 8.50. The highest BCUT2D eigenvalue weighted by Crippen LogP contribution is 2.29. The average Bonchev–Trinajstić information content (AvgIpc) is 2.50. The van der Waals surface area contributed by atoms with Crippen LogP contribution >= 0.6 is 0 Å². The van der Waals surface area contributed by atoms with Crippen LogP contribution in [0.2, 0.25) is 0 Å². The summed E-state index contributed by atoms with van der Waals surface area (Å²) in [5.41, 5.74) is 2.82. The largest absolute Gasteiger partial charge is 0.390 e. The molecule has 2 rings (SSSR count). The molecule has 2 aromatic rings. The van der Waals surface area contributed by atoms with Crippen LogP contribution in [0.5, 0.6) is 0 Å². The number of fused-ring (bicyclic) bond motifs is 1. The second-order valence-electron chi connectivity index (χ2n) is 7.74. The number of rotatable bonds is 6. The number of benzene rings is 1. The summed E-state index contributed by atoms with van der Waals surface area (Å²) in [6, 6.07) is 10.7. The summed E-state index contributed by atoms with van der Waals surface area (Å²) in [5.74, 6) is 0. The number of aliphatic hydroxyl groups is 1. The van der Waals surface area contributed by atoms with Crippen molar-refractivity contribution in [3.63, 3.8) is 0 Å². The van der Waals surface area contributed by atoms with Gasteiger partial charge in [-0.1, -0.05) is 51.1 Å². The van der Waals surface area contributed by atoms with Crippen LogP contribution in [0, 0.1) is 5.41 Å². The predicted molar refractivity (Wildman–Crippen MR) is 99.5 cm³/mol. The third-order valence-corrected chi connectivity index (χ3v) is 4.24. The topological polar surface area (TPSA) is 33.1 Å². The Kier molecular flexibility index (Phi) is 5.26. The second kappa shape index (κ2) is 6.84. The fourth-order valence-electron chi connectivity index (χ4n) is 2.51. The van der Waals surface area contributed by atoms with Crippen LogP contribution in [0.4, 0.5) is 0 Å². The maximum atomic E-state index is 9.90. The van der Waals surface area contributed by atoms with Gasteiger partial charge in [0.05, 0.1) is 11.1 Å². The van der Waals surface area contributed by atoms with Crippen molar-refractivity contribution in [3.05, 3.63) is 47.7 Å². The van der Waals surface area contributed by atoms with Crippen LogP contribution in [-0.4, -0.2) is 15.7 Å². The maximum absolute atomic E-state index is 9.90. The molecule has 0 fully saturated rings. The van der Waals surface area contributed by atoms with E-state index in [2.05, 4.69) is 63.3 Å². The molecule has 0 radical (unpaired) electrons. The van der Waals surface area contributed by atoms with E-state index in [1.54, 1.807) is 0 Å². The lowest BCUT2D eigenvalue weighted by Crippen LogP contribution is -2.21. The number of hydrogen-bond donors (Lipinski definition) is 1. The van der Waals surface area contributed by atoms with Gasteiger partial charge in [-0.15, -0.1) is 0 Å². The van der Waals surface area contributed by atoms with Crippen LogP contribution in [0.1, 0.15) is 58.7 Å². The molecule has 0 amide bonds. The predicted octanol–water partition coefficient (Wildman–Crippen LogP) is 5.39. The van der Waals surface area contributed by atoms with Crippen molar-refractivity contribution in [2.45, 2.75) is 59.5 Å². The Morgan fingerprint density at radius 2 is 1.74 bits per heavy atom. The molecule has 0 bridgehead atoms. The third kappa shape index (κ3) is 5.47. The molecule has 1 heterocycles. The molecule has 1 aromatic heterocycles. The smallest absolute Gasteiger partial charge is 0.0711 e. The first-order chi connectivity index (χ1) is 10.7. The van der Waals surface area contributed by atoms with Crippen molar-refractivity contribution in [1.82, 2.24) is 4.98 Å². The van der Waals surface area contributed by atoms with Crippen LogP contribution in [0.3, 0.4) is 0 Å². The molecule has 0 saturated heterocycles. The monoisotopic (exact) mass is 311 g/mol. The Balaban J connectivity index is 2.16. The molecule has 0 spiro atoms. The first-order valence-corrected chi connectivity index (χ1v) is 8.50. The summed E-state index contributed by atoms with van der Waals surface area (Å²) in [4.78, 5) is 4.70. The van der Waals surface area contributed by atoms with Gasteiger partial charge in [-0.3, -0.25) is 4.98 Å². The van der Waals surface area contributed by atoms with E-state index < -0.39 is 5.60 Å². The highest BCUT2D eigenvalue weighted by molar-refractivity contribution is 5.81. The van der Waals surface area contributed by atoms with E-state index in [1.807, 2.05) is 13.8 Å². The fourth-order valence-corrected chi connectivity index (χ4v) is 2.51. The molecule has 0 aliphatic rings. The zero-order valence-corrected chi connectivity index (χ0v) is 15.1. The molecular weight excluding hydrogens is 282 g/mol. The SMILES string of the molecule is CCc1ccc2ccc(/C=C/C(C)(C)CCC(C)(C)O)cc2n1. The standard InChI is InChI=1S/C21H29NO/c1-6-18-10-9-17-8-7-16(15-19(17)22-18)11-12-20(2,3)13-14-21(4,5)23/h7-12,15,23H,6,13-14H2,1-5H3/b12-11+. The number of hydrogen-bond acceptors (Lipinski definition) is 2. The van der Waals surface area contributed by atoms with Crippen molar-refractivity contribution < 1.29 is 5.11 Å². The molecule has 0 atom stereocenters. The van der Waals surface area contributed by atoms with Gasteiger partial charge >= 0.3 is 0 Å². The van der Waals surface area contributed by atoms with Gasteiger partial charge in [0, 0.05) is 11.1 Å². The van der Waals surface area contributed by atoms with E-state index >= 15 is 0 Å². The summed E-state index contributed by atoms with van der Waals surface area (Å²) in [7, 11) is 0. The van der Waals surface area contributed by atoms with Crippen LogP contribution in [-0.2, 0) is 6.42 Å². The van der Waals surface area contributed by atoms with Gasteiger partial charge in [-0.05, 0) is 56.2 Å². The normalized spacial score (nSPS) is 13.1. The lowest BCUT2D eigenvalue weighted by Gasteiger charge is -2.25. The minimum Gasteiger partial charge on any atom is -0.390 e. The quantitative estimate of drug-likeness (QED) is 0.776. The molecule has 2 heteroatoms. The molecule has 1 N–H and O–H groups in total. The van der Waals surface area contributed by atoms with Crippen molar-refractivity contribution in [3.8, 4) is 0 Å². The molecule has 2 nitrogen and oxygen atoms in total. The van der Waals surface area contributed by atoms with Crippen molar-refractivity contribution in [2.75, 3.05) is 0 Å².